The SMILES string of the molecule is CCc1ccc(C(=O)NCC(Cl)COC)s1. The van der Waals surface area contributed by atoms with Crippen LogP contribution in [0.5, 0.6) is 0 Å². The molecule has 0 aliphatic heterocycles. The highest BCUT2D eigenvalue weighted by molar-refractivity contribution is 7.14. The molecule has 16 heavy (non-hydrogen) atoms. The van der Waals surface area contributed by atoms with E-state index in [0.29, 0.717) is 13.2 Å². The summed E-state index contributed by atoms with van der Waals surface area (Å²) in [7, 11) is 1.59. The number of nitrogens with one attached hydrogen (secondary N) is 1. The van der Waals surface area contributed by atoms with E-state index in [0.717, 1.165) is 11.3 Å². The molecule has 1 heterocycles. The Morgan fingerprint density at radius 3 is 2.94 bits per heavy atom. The summed E-state index contributed by atoms with van der Waals surface area (Å²) >= 11 is 7.43. The Hall–Kier alpha value is -0.580. The zero-order valence-electron chi connectivity index (χ0n) is 9.46. The molecule has 5 heteroatoms. The second kappa shape index (κ2) is 6.89. The van der Waals surface area contributed by atoms with Gasteiger partial charge in [0.05, 0.1) is 16.9 Å². The van der Waals surface area contributed by atoms with E-state index in [9.17, 15) is 4.79 Å². The van der Waals surface area contributed by atoms with Gasteiger partial charge in [-0.3, -0.25) is 4.79 Å². The number of hydrogen-bond acceptors (Lipinski definition) is 3. The number of halogens is 1. The summed E-state index contributed by atoms with van der Waals surface area (Å²) in [6.45, 7) is 2.93. The van der Waals surface area contributed by atoms with Crippen LogP contribution in [-0.4, -0.2) is 31.5 Å². The van der Waals surface area contributed by atoms with Crippen LogP contribution in [0.15, 0.2) is 12.1 Å². The number of rotatable bonds is 6. The van der Waals surface area contributed by atoms with E-state index in [4.69, 9.17) is 16.3 Å². The number of alkyl halides is 1. The maximum atomic E-state index is 11.7. The molecule has 0 fully saturated rings. The molecule has 90 valence electrons. The molecule has 0 aliphatic rings. The number of aryl methyl sites for hydroxylation is 1. The minimum Gasteiger partial charge on any atom is -0.383 e. The monoisotopic (exact) mass is 261 g/mol. The number of thiophene rings is 1. The quantitative estimate of drug-likeness (QED) is 0.798. The van der Waals surface area contributed by atoms with Crippen LogP contribution in [0, 0.1) is 0 Å². The Kier molecular flexibility index (Phi) is 5.80. The third kappa shape index (κ3) is 4.12. The van der Waals surface area contributed by atoms with Crippen molar-refractivity contribution in [2.45, 2.75) is 18.7 Å². The second-order valence-corrected chi connectivity index (χ2v) is 5.17. The van der Waals surface area contributed by atoms with Gasteiger partial charge in [-0.25, -0.2) is 0 Å². The number of methoxy groups -OCH3 is 1. The molecule has 3 nitrogen and oxygen atoms in total. The molecule has 0 saturated heterocycles. The fourth-order valence-electron chi connectivity index (χ4n) is 1.22. The van der Waals surface area contributed by atoms with Crippen molar-refractivity contribution >= 4 is 28.8 Å². The van der Waals surface area contributed by atoms with E-state index in [-0.39, 0.29) is 11.3 Å². The largest absolute Gasteiger partial charge is 0.383 e. The maximum absolute atomic E-state index is 11.7. The number of hydrogen-bond donors (Lipinski definition) is 1. The summed E-state index contributed by atoms with van der Waals surface area (Å²) in [4.78, 5) is 13.6. The van der Waals surface area contributed by atoms with Gasteiger partial charge in [0.2, 0.25) is 0 Å². The predicted molar refractivity (Wildman–Crippen MR) is 67.5 cm³/mol. The highest BCUT2D eigenvalue weighted by atomic mass is 35.5. The van der Waals surface area contributed by atoms with Gasteiger partial charge >= 0.3 is 0 Å². The lowest BCUT2D eigenvalue weighted by molar-refractivity contribution is 0.0953. The van der Waals surface area contributed by atoms with Gasteiger partial charge in [0.25, 0.3) is 5.91 Å². The van der Waals surface area contributed by atoms with Crippen molar-refractivity contribution in [2.24, 2.45) is 0 Å². The molecule has 0 radical (unpaired) electrons. The van der Waals surface area contributed by atoms with Gasteiger partial charge in [-0.1, -0.05) is 6.92 Å². The van der Waals surface area contributed by atoms with E-state index in [1.54, 1.807) is 7.11 Å². The average molecular weight is 262 g/mol. The molecule has 1 aromatic rings. The summed E-state index contributed by atoms with van der Waals surface area (Å²) in [5, 5.41) is 2.60. The first-order valence-electron chi connectivity index (χ1n) is 5.17. The van der Waals surface area contributed by atoms with Gasteiger partial charge in [0.1, 0.15) is 0 Å². The van der Waals surface area contributed by atoms with Gasteiger partial charge in [-0.15, -0.1) is 22.9 Å². The minimum atomic E-state index is -0.181. The molecule has 1 N–H and O–H groups in total. The van der Waals surface area contributed by atoms with Crippen molar-refractivity contribution in [3.05, 3.63) is 21.9 Å². The van der Waals surface area contributed by atoms with Crippen molar-refractivity contribution in [3.8, 4) is 0 Å². The van der Waals surface area contributed by atoms with Gasteiger partial charge in [-0.05, 0) is 18.6 Å². The normalized spacial score (nSPS) is 12.4. The summed E-state index contributed by atoms with van der Waals surface area (Å²) < 4.78 is 4.88. The molecule has 0 aromatic carbocycles. The minimum absolute atomic E-state index is 0.0635. The smallest absolute Gasteiger partial charge is 0.261 e. The van der Waals surface area contributed by atoms with Crippen molar-refractivity contribution in [1.29, 1.82) is 0 Å². The summed E-state index contributed by atoms with van der Waals surface area (Å²) in [6.07, 6.45) is 0.958. The summed E-state index contributed by atoms with van der Waals surface area (Å²) in [6, 6.07) is 3.82. The molecule has 0 spiro atoms. The molecule has 1 aromatic heterocycles. The van der Waals surface area contributed by atoms with E-state index < -0.39 is 0 Å². The van der Waals surface area contributed by atoms with Crippen LogP contribution in [0.25, 0.3) is 0 Å². The van der Waals surface area contributed by atoms with Crippen LogP contribution in [0.3, 0.4) is 0 Å². The number of amides is 1. The van der Waals surface area contributed by atoms with Crippen molar-refractivity contribution in [2.75, 3.05) is 20.3 Å². The van der Waals surface area contributed by atoms with Crippen LogP contribution in [-0.2, 0) is 11.2 Å². The van der Waals surface area contributed by atoms with E-state index in [2.05, 4.69) is 12.2 Å². The molecule has 0 bridgehead atoms. The molecular formula is C11H16ClNO2S. The Balaban J connectivity index is 2.40. The van der Waals surface area contributed by atoms with Crippen molar-refractivity contribution < 1.29 is 9.53 Å². The fraction of sp³-hybridized carbons (Fsp3) is 0.545. The first-order valence-corrected chi connectivity index (χ1v) is 6.42. The lowest BCUT2D eigenvalue weighted by Gasteiger charge is -2.08. The number of carbonyl (C=O) groups is 1. The predicted octanol–water partition coefficient (Wildman–Crippen LogP) is 2.29. The highest BCUT2D eigenvalue weighted by Crippen LogP contribution is 2.16. The molecule has 1 atom stereocenters. The first kappa shape index (κ1) is 13.5. The third-order valence-corrected chi connectivity index (χ3v) is 3.57. The van der Waals surface area contributed by atoms with Gasteiger partial charge in [0.15, 0.2) is 0 Å². The van der Waals surface area contributed by atoms with Crippen LogP contribution in [0.4, 0.5) is 0 Å². The van der Waals surface area contributed by atoms with Crippen LogP contribution in [0.1, 0.15) is 21.5 Å². The molecule has 0 saturated carbocycles. The summed E-state index contributed by atoms with van der Waals surface area (Å²) in [5.41, 5.74) is 0. The van der Waals surface area contributed by atoms with Gasteiger partial charge < -0.3 is 10.1 Å². The molecule has 1 amide bonds. The third-order valence-electron chi connectivity index (χ3n) is 2.07. The van der Waals surface area contributed by atoms with Gasteiger partial charge in [-0.2, -0.15) is 0 Å². The van der Waals surface area contributed by atoms with E-state index >= 15 is 0 Å². The number of ether oxygens (including phenoxy) is 1. The van der Waals surface area contributed by atoms with Crippen molar-refractivity contribution in [1.82, 2.24) is 5.32 Å². The second-order valence-electron chi connectivity index (χ2n) is 3.38. The Labute approximate surface area is 105 Å². The van der Waals surface area contributed by atoms with Crippen LogP contribution in [0.2, 0.25) is 0 Å². The molecule has 0 aliphatic carbocycles. The van der Waals surface area contributed by atoms with Gasteiger partial charge in [0, 0.05) is 18.5 Å². The van der Waals surface area contributed by atoms with E-state index in [1.165, 1.54) is 16.2 Å². The molecule has 1 unspecified atom stereocenters. The van der Waals surface area contributed by atoms with Crippen LogP contribution >= 0.6 is 22.9 Å². The Morgan fingerprint density at radius 2 is 2.38 bits per heavy atom. The zero-order valence-corrected chi connectivity index (χ0v) is 11.0. The molecule has 1 rings (SSSR count). The fourth-order valence-corrected chi connectivity index (χ4v) is 2.29. The molecular weight excluding hydrogens is 246 g/mol. The lowest BCUT2D eigenvalue weighted by Crippen LogP contribution is -2.31. The average Bonchev–Trinajstić information content (AvgIpc) is 2.75. The Bertz CT molecular complexity index is 340. The van der Waals surface area contributed by atoms with E-state index in [1.807, 2.05) is 12.1 Å². The van der Waals surface area contributed by atoms with Crippen molar-refractivity contribution in [3.63, 3.8) is 0 Å². The number of carbonyl (C=O) groups excluding carboxylic acids is 1. The maximum Gasteiger partial charge on any atom is 0.261 e. The topological polar surface area (TPSA) is 38.3 Å². The standard InChI is InChI=1S/C11H16ClNO2S/c1-3-9-4-5-10(16-9)11(14)13-6-8(12)7-15-2/h4-5,8H,3,6-7H2,1-2H3,(H,13,14). The van der Waals surface area contributed by atoms with Crippen LogP contribution < -0.4 is 5.32 Å². The Morgan fingerprint density at radius 1 is 1.62 bits per heavy atom. The first-order chi connectivity index (χ1) is 7.67. The lowest BCUT2D eigenvalue weighted by atomic mass is 10.3. The summed E-state index contributed by atoms with van der Waals surface area (Å²) in [5.74, 6) is -0.0635. The highest BCUT2D eigenvalue weighted by Gasteiger charge is 2.10. The zero-order chi connectivity index (χ0) is 12.0.